The Bertz CT molecular complexity index is 476. The van der Waals surface area contributed by atoms with Gasteiger partial charge in [0, 0.05) is 12.5 Å². The molecule has 5 nitrogen and oxygen atoms in total. The maximum absolute atomic E-state index is 12.8. The Balaban J connectivity index is 2.38. The Hall–Kier alpha value is -1.95. The predicted octanol–water partition coefficient (Wildman–Crippen LogP) is 1.28. The minimum Gasteiger partial charge on any atom is -0.388 e. The van der Waals surface area contributed by atoms with E-state index in [1.54, 1.807) is 13.8 Å². The molecule has 1 aromatic carbocycles. The van der Waals surface area contributed by atoms with Crippen molar-refractivity contribution in [1.29, 1.82) is 0 Å². The first-order valence-corrected chi connectivity index (χ1v) is 6.92. The third kappa shape index (κ3) is 6.35. The standard InChI is InChI=1S/C15H21FN2O3/c1-3-14(20)17-9-15(21)18-10(2)8-13(19)11-4-6-12(16)7-5-11/h4-7,10,13,19H,3,8-9H2,1-2H3,(H,17,20)(H,18,21). The first-order valence-electron chi connectivity index (χ1n) is 6.92. The SMILES string of the molecule is CCC(=O)NCC(=O)NC(C)CC(O)c1ccc(F)cc1. The number of rotatable bonds is 7. The molecule has 1 aromatic rings. The maximum Gasteiger partial charge on any atom is 0.239 e. The molecule has 6 heteroatoms. The van der Waals surface area contributed by atoms with E-state index in [1.165, 1.54) is 24.3 Å². The van der Waals surface area contributed by atoms with Crippen molar-refractivity contribution >= 4 is 11.8 Å². The van der Waals surface area contributed by atoms with Crippen LogP contribution in [0.15, 0.2) is 24.3 Å². The monoisotopic (exact) mass is 296 g/mol. The van der Waals surface area contributed by atoms with Crippen LogP contribution in [0.4, 0.5) is 4.39 Å². The van der Waals surface area contributed by atoms with Crippen LogP contribution in [-0.4, -0.2) is 29.5 Å². The molecule has 0 radical (unpaired) electrons. The van der Waals surface area contributed by atoms with E-state index in [2.05, 4.69) is 10.6 Å². The summed E-state index contributed by atoms with van der Waals surface area (Å²) in [5.41, 5.74) is 0.594. The van der Waals surface area contributed by atoms with Gasteiger partial charge in [-0.2, -0.15) is 0 Å². The molecule has 0 bridgehead atoms. The highest BCUT2D eigenvalue weighted by atomic mass is 19.1. The number of carbonyl (C=O) groups is 2. The molecule has 0 fully saturated rings. The second-order valence-electron chi connectivity index (χ2n) is 4.90. The third-order valence-electron chi connectivity index (χ3n) is 3.01. The summed E-state index contributed by atoms with van der Waals surface area (Å²) >= 11 is 0. The fraction of sp³-hybridized carbons (Fsp3) is 0.467. The van der Waals surface area contributed by atoms with Gasteiger partial charge in [0.15, 0.2) is 0 Å². The van der Waals surface area contributed by atoms with Gasteiger partial charge >= 0.3 is 0 Å². The summed E-state index contributed by atoms with van der Waals surface area (Å²) in [6.07, 6.45) is -0.156. The Morgan fingerprint density at radius 1 is 1.24 bits per heavy atom. The Morgan fingerprint density at radius 2 is 1.86 bits per heavy atom. The van der Waals surface area contributed by atoms with Gasteiger partial charge in [0.25, 0.3) is 0 Å². The molecule has 0 saturated carbocycles. The van der Waals surface area contributed by atoms with Crippen LogP contribution < -0.4 is 10.6 Å². The number of carbonyl (C=O) groups excluding carboxylic acids is 2. The fourth-order valence-corrected chi connectivity index (χ4v) is 1.84. The molecule has 21 heavy (non-hydrogen) atoms. The molecular formula is C15H21FN2O3. The zero-order valence-corrected chi connectivity index (χ0v) is 12.2. The fourth-order valence-electron chi connectivity index (χ4n) is 1.84. The summed E-state index contributed by atoms with van der Waals surface area (Å²) in [6.45, 7) is 3.38. The number of halogens is 1. The van der Waals surface area contributed by atoms with Crippen LogP contribution >= 0.6 is 0 Å². The second kappa shape index (κ2) is 8.36. The van der Waals surface area contributed by atoms with Crippen LogP contribution in [0.5, 0.6) is 0 Å². The van der Waals surface area contributed by atoms with Crippen LogP contribution in [0.1, 0.15) is 38.4 Å². The average molecular weight is 296 g/mol. The van der Waals surface area contributed by atoms with Crippen molar-refractivity contribution in [3.8, 4) is 0 Å². The molecule has 0 aliphatic heterocycles. The number of aliphatic hydroxyl groups excluding tert-OH is 1. The van der Waals surface area contributed by atoms with Crippen molar-refractivity contribution in [2.45, 2.75) is 38.8 Å². The van der Waals surface area contributed by atoms with E-state index in [1.807, 2.05) is 0 Å². The largest absolute Gasteiger partial charge is 0.388 e. The lowest BCUT2D eigenvalue weighted by molar-refractivity contribution is -0.126. The molecule has 0 aliphatic carbocycles. The highest BCUT2D eigenvalue weighted by molar-refractivity contribution is 5.84. The van der Waals surface area contributed by atoms with Gasteiger partial charge in [-0.3, -0.25) is 9.59 Å². The average Bonchev–Trinajstić information content (AvgIpc) is 2.45. The van der Waals surface area contributed by atoms with Crippen LogP contribution in [0.25, 0.3) is 0 Å². The molecule has 0 aromatic heterocycles. The quantitative estimate of drug-likeness (QED) is 0.709. The summed E-state index contributed by atoms with van der Waals surface area (Å²) in [5.74, 6) is -0.862. The highest BCUT2D eigenvalue weighted by Crippen LogP contribution is 2.18. The molecule has 2 atom stereocenters. The van der Waals surface area contributed by atoms with Crippen molar-refractivity contribution in [3.05, 3.63) is 35.6 Å². The summed E-state index contributed by atoms with van der Waals surface area (Å²) in [5, 5.41) is 15.2. The maximum atomic E-state index is 12.8. The number of hydrogen-bond acceptors (Lipinski definition) is 3. The highest BCUT2D eigenvalue weighted by Gasteiger charge is 2.14. The van der Waals surface area contributed by atoms with E-state index in [-0.39, 0.29) is 30.2 Å². The molecule has 3 N–H and O–H groups in total. The molecule has 0 heterocycles. The number of aliphatic hydroxyl groups is 1. The molecule has 2 unspecified atom stereocenters. The summed E-state index contributed by atoms with van der Waals surface area (Å²) in [6, 6.07) is 5.31. The van der Waals surface area contributed by atoms with Gasteiger partial charge in [-0.05, 0) is 31.0 Å². The zero-order chi connectivity index (χ0) is 15.8. The van der Waals surface area contributed by atoms with Gasteiger partial charge < -0.3 is 15.7 Å². The predicted molar refractivity (Wildman–Crippen MR) is 76.9 cm³/mol. The molecule has 0 aliphatic rings. The molecular weight excluding hydrogens is 275 g/mol. The van der Waals surface area contributed by atoms with E-state index >= 15 is 0 Å². The van der Waals surface area contributed by atoms with E-state index < -0.39 is 6.10 Å². The van der Waals surface area contributed by atoms with E-state index in [0.717, 1.165) is 0 Å². The van der Waals surface area contributed by atoms with Gasteiger partial charge in [-0.15, -0.1) is 0 Å². The van der Waals surface area contributed by atoms with Gasteiger partial charge in [0.1, 0.15) is 5.82 Å². The van der Waals surface area contributed by atoms with Crippen LogP contribution in [-0.2, 0) is 9.59 Å². The van der Waals surface area contributed by atoms with Crippen LogP contribution in [0.3, 0.4) is 0 Å². The lowest BCUT2D eigenvalue weighted by atomic mass is 10.0. The summed E-state index contributed by atoms with van der Waals surface area (Å²) < 4.78 is 12.8. The van der Waals surface area contributed by atoms with Gasteiger partial charge in [0.2, 0.25) is 11.8 Å². The third-order valence-corrected chi connectivity index (χ3v) is 3.01. The first-order chi connectivity index (χ1) is 9.92. The second-order valence-corrected chi connectivity index (χ2v) is 4.90. The number of hydrogen-bond donors (Lipinski definition) is 3. The zero-order valence-electron chi connectivity index (χ0n) is 12.2. The molecule has 0 saturated heterocycles. The molecule has 116 valence electrons. The summed E-state index contributed by atoms with van der Waals surface area (Å²) in [4.78, 5) is 22.6. The van der Waals surface area contributed by atoms with Crippen molar-refractivity contribution in [3.63, 3.8) is 0 Å². The number of amides is 2. The van der Waals surface area contributed by atoms with Gasteiger partial charge in [-0.1, -0.05) is 19.1 Å². The van der Waals surface area contributed by atoms with Crippen LogP contribution in [0.2, 0.25) is 0 Å². The van der Waals surface area contributed by atoms with E-state index in [4.69, 9.17) is 0 Å². The molecule has 0 spiro atoms. The lowest BCUT2D eigenvalue weighted by Crippen LogP contribution is -2.41. The Labute approximate surface area is 123 Å². The minimum absolute atomic E-state index is 0.0797. The first kappa shape index (κ1) is 17.1. The molecule has 1 rings (SSSR count). The summed E-state index contributed by atoms with van der Waals surface area (Å²) in [7, 11) is 0. The van der Waals surface area contributed by atoms with Crippen molar-refractivity contribution in [2.75, 3.05) is 6.54 Å². The normalized spacial score (nSPS) is 13.3. The van der Waals surface area contributed by atoms with Crippen molar-refractivity contribution < 1.29 is 19.1 Å². The van der Waals surface area contributed by atoms with Crippen molar-refractivity contribution in [1.82, 2.24) is 10.6 Å². The number of benzene rings is 1. The Kier molecular flexibility index (Phi) is 6.81. The Morgan fingerprint density at radius 3 is 2.43 bits per heavy atom. The lowest BCUT2D eigenvalue weighted by Gasteiger charge is -2.18. The van der Waals surface area contributed by atoms with Gasteiger partial charge in [0.05, 0.1) is 12.6 Å². The van der Waals surface area contributed by atoms with Crippen LogP contribution in [0, 0.1) is 5.82 Å². The molecule has 2 amide bonds. The number of nitrogens with one attached hydrogen (secondary N) is 2. The van der Waals surface area contributed by atoms with Gasteiger partial charge in [-0.25, -0.2) is 4.39 Å². The van der Waals surface area contributed by atoms with E-state index in [0.29, 0.717) is 18.4 Å². The van der Waals surface area contributed by atoms with Crippen molar-refractivity contribution in [2.24, 2.45) is 0 Å². The topological polar surface area (TPSA) is 78.4 Å². The van der Waals surface area contributed by atoms with E-state index in [9.17, 15) is 19.1 Å². The smallest absolute Gasteiger partial charge is 0.239 e. The minimum atomic E-state index is -0.786.